The SMILES string of the molecule is O=C(O)c1c(Cl)ccc(S(=O)(=O)N2CCC(CO)C2)c1Cl. The van der Waals surface area contributed by atoms with E-state index >= 15 is 0 Å². The Kier molecular flexibility index (Phi) is 4.79. The van der Waals surface area contributed by atoms with Crippen LogP contribution in [-0.4, -0.2) is 48.6 Å². The number of nitrogens with zero attached hydrogens (tertiary/aromatic N) is 1. The van der Waals surface area contributed by atoms with Crippen molar-refractivity contribution in [3.8, 4) is 0 Å². The summed E-state index contributed by atoms with van der Waals surface area (Å²) in [6.45, 7) is 0.343. The van der Waals surface area contributed by atoms with Crippen LogP contribution in [0.15, 0.2) is 17.0 Å². The highest BCUT2D eigenvalue weighted by Gasteiger charge is 2.34. The van der Waals surface area contributed by atoms with Crippen molar-refractivity contribution < 1.29 is 23.4 Å². The molecule has 1 atom stereocenters. The number of carboxylic acid groups (broad SMARTS) is 1. The van der Waals surface area contributed by atoms with Gasteiger partial charge < -0.3 is 10.2 Å². The first-order valence-corrected chi connectivity index (χ1v) is 8.31. The third kappa shape index (κ3) is 3.02. The zero-order valence-electron chi connectivity index (χ0n) is 10.8. The maximum Gasteiger partial charge on any atom is 0.338 e. The van der Waals surface area contributed by atoms with E-state index in [0.29, 0.717) is 6.42 Å². The lowest BCUT2D eigenvalue weighted by Crippen LogP contribution is -2.29. The molecule has 0 spiro atoms. The maximum atomic E-state index is 12.5. The number of benzene rings is 1. The van der Waals surface area contributed by atoms with Crippen molar-refractivity contribution in [2.75, 3.05) is 19.7 Å². The number of carboxylic acids is 1. The number of rotatable bonds is 4. The Morgan fingerprint density at radius 2 is 2.05 bits per heavy atom. The van der Waals surface area contributed by atoms with Crippen LogP contribution in [0.25, 0.3) is 0 Å². The van der Waals surface area contributed by atoms with E-state index in [4.69, 9.17) is 33.4 Å². The molecule has 1 unspecified atom stereocenters. The van der Waals surface area contributed by atoms with E-state index in [9.17, 15) is 13.2 Å². The minimum absolute atomic E-state index is 0.0965. The second-order valence-corrected chi connectivity index (χ2v) is 7.43. The summed E-state index contributed by atoms with van der Waals surface area (Å²) in [7, 11) is -3.92. The molecule has 0 aliphatic carbocycles. The highest BCUT2D eigenvalue weighted by atomic mass is 35.5. The fraction of sp³-hybridized carbons (Fsp3) is 0.417. The molecule has 0 saturated carbocycles. The van der Waals surface area contributed by atoms with Gasteiger partial charge in [0.15, 0.2) is 0 Å². The highest BCUT2D eigenvalue weighted by molar-refractivity contribution is 7.89. The van der Waals surface area contributed by atoms with Crippen LogP contribution in [0, 0.1) is 5.92 Å². The predicted molar refractivity (Wildman–Crippen MR) is 77.4 cm³/mol. The molecule has 21 heavy (non-hydrogen) atoms. The van der Waals surface area contributed by atoms with Crippen LogP contribution in [-0.2, 0) is 10.0 Å². The quantitative estimate of drug-likeness (QED) is 0.858. The molecule has 116 valence electrons. The van der Waals surface area contributed by atoms with Gasteiger partial charge in [-0.05, 0) is 24.5 Å². The fourth-order valence-electron chi connectivity index (χ4n) is 2.23. The molecule has 1 aliphatic heterocycles. The lowest BCUT2D eigenvalue weighted by Gasteiger charge is -2.18. The molecular formula is C12H13Cl2NO5S. The largest absolute Gasteiger partial charge is 0.478 e. The second kappa shape index (κ2) is 6.10. The zero-order valence-corrected chi connectivity index (χ0v) is 13.1. The van der Waals surface area contributed by atoms with Gasteiger partial charge in [0.2, 0.25) is 10.0 Å². The second-order valence-electron chi connectivity index (χ2n) is 4.74. The standard InChI is InChI=1S/C12H13Cl2NO5S/c13-8-1-2-9(11(14)10(8)12(17)18)21(19,20)15-4-3-7(5-15)6-16/h1-2,7,16H,3-6H2,(H,17,18). The van der Waals surface area contributed by atoms with Gasteiger partial charge in [-0.3, -0.25) is 0 Å². The molecular weight excluding hydrogens is 341 g/mol. The Labute approximate surface area is 131 Å². The Morgan fingerprint density at radius 3 is 2.57 bits per heavy atom. The molecule has 0 amide bonds. The van der Waals surface area contributed by atoms with E-state index in [1.165, 1.54) is 16.4 Å². The number of aromatic carboxylic acids is 1. The molecule has 1 saturated heterocycles. The summed E-state index contributed by atoms with van der Waals surface area (Å²) in [5, 5.41) is 17.6. The van der Waals surface area contributed by atoms with Crippen LogP contribution in [0.1, 0.15) is 16.8 Å². The molecule has 1 aromatic carbocycles. The van der Waals surface area contributed by atoms with Crippen LogP contribution in [0.3, 0.4) is 0 Å². The molecule has 2 rings (SSSR count). The van der Waals surface area contributed by atoms with Crippen molar-refractivity contribution in [3.63, 3.8) is 0 Å². The summed E-state index contributed by atoms with van der Waals surface area (Å²) in [5.74, 6) is -1.51. The minimum atomic E-state index is -3.92. The van der Waals surface area contributed by atoms with Crippen molar-refractivity contribution in [2.24, 2.45) is 5.92 Å². The van der Waals surface area contributed by atoms with Crippen molar-refractivity contribution in [3.05, 3.63) is 27.7 Å². The molecule has 1 aromatic rings. The van der Waals surface area contributed by atoms with Gasteiger partial charge in [0.1, 0.15) is 4.90 Å². The van der Waals surface area contributed by atoms with E-state index < -0.39 is 26.6 Å². The first kappa shape index (κ1) is 16.5. The van der Waals surface area contributed by atoms with E-state index in [-0.39, 0.29) is 35.5 Å². The Balaban J connectivity index is 2.47. The van der Waals surface area contributed by atoms with Crippen LogP contribution in [0.4, 0.5) is 0 Å². The van der Waals surface area contributed by atoms with E-state index in [0.717, 1.165) is 0 Å². The summed E-state index contributed by atoms with van der Waals surface area (Å²) in [6, 6.07) is 2.39. The summed E-state index contributed by atoms with van der Waals surface area (Å²) < 4.78 is 26.2. The van der Waals surface area contributed by atoms with E-state index in [1.807, 2.05) is 0 Å². The van der Waals surface area contributed by atoms with Gasteiger partial charge in [-0.25, -0.2) is 13.2 Å². The Bertz CT molecular complexity index is 676. The van der Waals surface area contributed by atoms with Crippen molar-refractivity contribution >= 4 is 39.2 Å². The van der Waals surface area contributed by atoms with Gasteiger partial charge in [0, 0.05) is 19.7 Å². The predicted octanol–water partition coefficient (Wildman–Crippen LogP) is 1.69. The molecule has 1 aliphatic rings. The van der Waals surface area contributed by atoms with Gasteiger partial charge in [0.05, 0.1) is 15.6 Å². The van der Waals surface area contributed by atoms with Crippen LogP contribution in [0.5, 0.6) is 0 Å². The molecule has 6 nitrogen and oxygen atoms in total. The molecule has 9 heteroatoms. The fourth-order valence-corrected chi connectivity index (χ4v) is 4.66. The normalized spacial score (nSPS) is 19.9. The van der Waals surface area contributed by atoms with E-state index in [1.54, 1.807) is 0 Å². The van der Waals surface area contributed by atoms with Gasteiger partial charge in [-0.1, -0.05) is 23.2 Å². The lowest BCUT2D eigenvalue weighted by molar-refractivity contribution is 0.0697. The molecule has 0 aromatic heterocycles. The summed E-state index contributed by atoms with van der Waals surface area (Å²) in [6.07, 6.45) is 0.548. The minimum Gasteiger partial charge on any atom is -0.478 e. The Hall–Kier alpha value is -0.860. The number of halogens is 2. The van der Waals surface area contributed by atoms with Crippen molar-refractivity contribution in [2.45, 2.75) is 11.3 Å². The zero-order chi connectivity index (χ0) is 15.8. The molecule has 1 heterocycles. The van der Waals surface area contributed by atoms with Crippen LogP contribution in [0.2, 0.25) is 10.0 Å². The number of hydrogen-bond donors (Lipinski definition) is 2. The molecule has 2 N–H and O–H groups in total. The molecule has 0 radical (unpaired) electrons. The number of sulfonamides is 1. The third-order valence-corrected chi connectivity index (χ3v) is 6.12. The van der Waals surface area contributed by atoms with E-state index in [2.05, 4.69) is 0 Å². The average Bonchev–Trinajstić information content (AvgIpc) is 2.87. The monoisotopic (exact) mass is 353 g/mol. The number of carbonyl (C=O) groups is 1. The van der Waals surface area contributed by atoms with Gasteiger partial charge in [-0.2, -0.15) is 4.31 Å². The van der Waals surface area contributed by atoms with Gasteiger partial charge in [-0.15, -0.1) is 0 Å². The average molecular weight is 354 g/mol. The summed E-state index contributed by atoms with van der Waals surface area (Å²) >= 11 is 11.7. The summed E-state index contributed by atoms with van der Waals surface area (Å²) in [4.78, 5) is 10.8. The maximum absolute atomic E-state index is 12.5. The topological polar surface area (TPSA) is 94.9 Å². The summed E-state index contributed by atoms with van der Waals surface area (Å²) in [5.41, 5.74) is -0.433. The van der Waals surface area contributed by atoms with Gasteiger partial charge >= 0.3 is 5.97 Å². The van der Waals surface area contributed by atoms with Gasteiger partial charge in [0.25, 0.3) is 0 Å². The number of aliphatic hydroxyl groups is 1. The Morgan fingerprint density at radius 1 is 1.38 bits per heavy atom. The third-order valence-electron chi connectivity index (χ3n) is 3.39. The highest BCUT2D eigenvalue weighted by Crippen LogP contribution is 2.34. The number of aliphatic hydroxyl groups excluding tert-OH is 1. The smallest absolute Gasteiger partial charge is 0.338 e. The number of hydrogen-bond acceptors (Lipinski definition) is 4. The molecule has 0 bridgehead atoms. The van der Waals surface area contributed by atoms with Crippen LogP contribution >= 0.6 is 23.2 Å². The van der Waals surface area contributed by atoms with Crippen molar-refractivity contribution in [1.82, 2.24) is 4.31 Å². The van der Waals surface area contributed by atoms with Crippen molar-refractivity contribution in [1.29, 1.82) is 0 Å². The molecule has 1 fully saturated rings. The van der Waals surface area contributed by atoms with Crippen LogP contribution < -0.4 is 0 Å². The first-order chi connectivity index (χ1) is 9.78. The first-order valence-electron chi connectivity index (χ1n) is 6.11. The lowest BCUT2D eigenvalue weighted by atomic mass is 10.1.